The summed E-state index contributed by atoms with van der Waals surface area (Å²) in [6, 6.07) is 0. The van der Waals surface area contributed by atoms with E-state index in [2.05, 4.69) is 10.3 Å². The van der Waals surface area contributed by atoms with Gasteiger partial charge in [-0.05, 0) is 12.3 Å². The van der Waals surface area contributed by atoms with Gasteiger partial charge in [-0.1, -0.05) is 13.8 Å². The molecular formula is C14H19N3O3S. The maximum absolute atomic E-state index is 11.9. The number of carboxylic acids is 1. The molecule has 1 atom stereocenters. The van der Waals surface area contributed by atoms with Gasteiger partial charge in [0.05, 0.1) is 18.0 Å². The second-order valence-corrected chi connectivity index (χ2v) is 6.34. The molecule has 0 aromatic carbocycles. The van der Waals surface area contributed by atoms with Gasteiger partial charge in [0.25, 0.3) is 0 Å². The highest BCUT2D eigenvalue weighted by molar-refractivity contribution is 7.15. The first-order valence-corrected chi connectivity index (χ1v) is 7.74. The predicted molar refractivity (Wildman–Crippen MR) is 80.4 cm³/mol. The molecule has 0 saturated heterocycles. The molecule has 0 bridgehead atoms. The monoisotopic (exact) mass is 309 g/mol. The summed E-state index contributed by atoms with van der Waals surface area (Å²) in [7, 11) is 0. The number of rotatable bonds is 7. The number of aromatic nitrogens is 2. The van der Waals surface area contributed by atoms with Gasteiger partial charge in [0, 0.05) is 24.3 Å². The van der Waals surface area contributed by atoms with Crippen molar-refractivity contribution < 1.29 is 14.7 Å². The van der Waals surface area contributed by atoms with Crippen LogP contribution in [0.5, 0.6) is 0 Å². The standard InChI is InChI=1S/C14H19N3O3S/c1-9(2)5-10(13(19)20)7-15-12(18)6-11-8-17-3-4-21-14(17)16-11/h3-4,8-10H,5-7H2,1-2H3,(H,15,18)(H,19,20). The molecule has 2 N–H and O–H groups in total. The fourth-order valence-electron chi connectivity index (χ4n) is 2.17. The lowest BCUT2D eigenvalue weighted by Crippen LogP contribution is -2.34. The molecular weight excluding hydrogens is 290 g/mol. The number of amides is 1. The lowest BCUT2D eigenvalue weighted by Gasteiger charge is -2.15. The lowest BCUT2D eigenvalue weighted by atomic mass is 9.97. The molecule has 114 valence electrons. The van der Waals surface area contributed by atoms with Gasteiger partial charge in [-0.25, -0.2) is 4.98 Å². The number of nitrogens with zero attached hydrogens (tertiary/aromatic N) is 2. The second-order valence-electron chi connectivity index (χ2n) is 5.47. The van der Waals surface area contributed by atoms with Crippen LogP contribution in [0.4, 0.5) is 0 Å². The third kappa shape index (κ3) is 4.29. The summed E-state index contributed by atoms with van der Waals surface area (Å²) >= 11 is 1.51. The molecule has 2 aromatic rings. The van der Waals surface area contributed by atoms with Gasteiger partial charge < -0.3 is 10.4 Å². The zero-order valence-corrected chi connectivity index (χ0v) is 12.9. The Morgan fingerprint density at radius 2 is 2.24 bits per heavy atom. The molecule has 21 heavy (non-hydrogen) atoms. The summed E-state index contributed by atoms with van der Waals surface area (Å²) in [4.78, 5) is 28.2. The lowest BCUT2D eigenvalue weighted by molar-refractivity contribution is -0.142. The summed E-state index contributed by atoms with van der Waals surface area (Å²) in [5.74, 6) is -1.33. The molecule has 7 heteroatoms. The minimum atomic E-state index is -0.869. The van der Waals surface area contributed by atoms with Gasteiger partial charge in [-0.3, -0.25) is 14.0 Å². The van der Waals surface area contributed by atoms with E-state index in [1.807, 2.05) is 36.0 Å². The van der Waals surface area contributed by atoms with Crippen LogP contribution in [-0.4, -0.2) is 32.9 Å². The van der Waals surface area contributed by atoms with Gasteiger partial charge in [0.15, 0.2) is 4.96 Å². The molecule has 0 radical (unpaired) electrons. The minimum absolute atomic E-state index is 0.161. The van der Waals surface area contributed by atoms with E-state index in [-0.39, 0.29) is 24.8 Å². The van der Waals surface area contributed by atoms with Gasteiger partial charge in [0.2, 0.25) is 5.91 Å². The van der Waals surface area contributed by atoms with Gasteiger partial charge >= 0.3 is 5.97 Å². The molecule has 0 saturated carbocycles. The minimum Gasteiger partial charge on any atom is -0.481 e. The molecule has 0 aliphatic carbocycles. The van der Waals surface area contributed by atoms with E-state index in [0.717, 1.165) is 4.96 Å². The molecule has 0 aliphatic heterocycles. The number of carbonyl (C=O) groups excluding carboxylic acids is 1. The van der Waals surface area contributed by atoms with Crippen molar-refractivity contribution in [3.05, 3.63) is 23.5 Å². The first kappa shape index (κ1) is 15.5. The van der Waals surface area contributed by atoms with E-state index in [0.29, 0.717) is 12.1 Å². The normalized spacial score (nSPS) is 12.7. The van der Waals surface area contributed by atoms with Crippen LogP contribution in [0.15, 0.2) is 17.8 Å². The number of carbonyl (C=O) groups is 2. The summed E-state index contributed by atoms with van der Waals surface area (Å²) in [5.41, 5.74) is 0.690. The van der Waals surface area contributed by atoms with Crippen molar-refractivity contribution in [3.63, 3.8) is 0 Å². The van der Waals surface area contributed by atoms with Crippen molar-refractivity contribution in [2.45, 2.75) is 26.7 Å². The van der Waals surface area contributed by atoms with Crippen LogP contribution in [0.3, 0.4) is 0 Å². The average molecular weight is 309 g/mol. The quantitative estimate of drug-likeness (QED) is 0.817. The fourth-order valence-corrected chi connectivity index (χ4v) is 2.88. The van der Waals surface area contributed by atoms with Crippen molar-refractivity contribution in [2.75, 3.05) is 6.54 Å². The molecule has 2 rings (SSSR count). The van der Waals surface area contributed by atoms with E-state index in [9.17, 15) is 9.59 Å². The van der Waals surface area contributed by atoms with E-state index in [1.165, 1.54) is 11.3 Å². The summed E-state index contributed by atoms with van der Waals surface area (Å²) in [6.45, 7) is 4.10. The number of carboxylic acid groups (broad SMARTS) is 1. The summed E-state index contributed by atoms with van der Waals surface area (Å²) in [5, 5.41) is 13.7. The van der Waals surface area contributed by atoms with E-state index in [1.54, 1.807) is 0 Å². The Bertz CT molecular complexity index is 604. The molecule has 1 unspecified atom stereocenters. The predicted octanol–water partition coefficient (Wildman–Crippen LogP) is 1.80. The number of hydrogen-bond acceptors (Lipinski definition) is 4. The number of hydrogen-bond donors (Lipinski definition) is 2. The molecule has 2 heterocycles. The van der Waals surface area contributed by atoms with E-state index < -0.39 is 11.9 Å². The van der Waals surface area contributed by atoms with Crippen molar-refractivity contribution in [1.82, 2.24) is 14.7 Å². The summed E-state index contributed by atoms with van der Waals surface area (Å²) < 4.78 is 1.87. The van der Waals surface area contributed by atoms with Gasteiger partial charge in [0.1, 0.15) is 0 Å². The Labute approximate surface area is 126 Å². The Morgan fingerprint density at radius 1 is 1.48 bits per heavy atom. The Hall–Kier alpha value is -1.89. The first-order chi connectivity index (χ1) is 9.95. The topological polar surface area (TPSA) is 83.7 Å². The maximum atomic E-state index is 11.9. The Morgan fingerprint density at radius 3 is 2.86 bits per heavy atom. The van der Waals surface area contributed by atoms with E-state index >= 15 is 0 Å². The zero-order valence-electron chi connectivity index (χ0n) is 12.1. The van der Waals surface area contributed by atoms with Crippen molar-refractivity contribution in [2.24, 2.45) is 11.8 Å². The van der Waals surface area contributed by atoms with Crippen molar-refractivity contribution >= 4 is 28.2 Å². The smallest absolute Gasteiger partial charge is 0.308 e. The van der Waals surface area contributed by atoms with Crippen LogP contribution < -0.4 is 5.32 Å². The van der Waals surface area contributed by atoms with Crippen LogP contribution in [0.25, 0.3) is 4.96 Å². The average Bonchev–Trinajstić information content (AvgIpc) is 2.94. The van der Waals surface area contributed by atoms with Crippen LogP contribution in [-0.2, 0) is 16.0 Å². The number of fused-ring (bicyclic) bond motifs is 1. The number of nitrogens with one attached hydrogen (secondary N) is 1. The van der Waals surface area contributed by atoms with Crippen LogP contribution >= 0.6 is 11.3 Å². The molecule has 0 spiro atoms. The second kappa shape index (κ2) is 6.71. The Kier molecular flexibility index (Phi) is 4.95. The zero-order chi connectivity index (χ0) is 15.4. The first-order valence-electron chi connectivity index (χ1n) is 6.86. The third-order valence-corrected chi connectivity index (χ3v) is 3.91. The van der Waals surface area contributed by atoms with Gasteiger partial charge in [-0.15, -0.1) is 11.3 Å². The van der Waals surface area contributed by atoms with Crippen LogP contribution in [0.2, 0.25) is 0 Å². The van der Waals surface area contributed by atoms with Crippen LogP contribution in [0.1, 0.15) is 26.0 Å². The Balaban J connectivity index is 1.86. The highest BCUT2D eigenvalue weighted by Crippen LogP contribution is 2.13. The fraction of sp³-hybridized carbons (Fsp3) is 0.500. The van der Waals surface area contributed by atoms with E-state index in [4.69, 9.17) is 5.11 Å². The van der Waals surface area contributed by atoms with Crippen molar-refractivity contribution in [1.29, 1.82) is 0 Å². The molecule has 1 amide bonds. The highest BCUT2D eigenvalue weighted by Gasteiger charge is 2.20. The maximum Gasteiger partial charge on any atom is 0.308 e. The highest BCUT2D eigenvalue weighted by atomic mass is 32.1. The molecule has 0 aliphatic rings. The largest absolute Gasteiger partial charge is 0.481 e. The molecule has 2 aromatic heterocycles. The number of imidazole rings is 1. The third-order valence-electron chi connectivity index (χ3n) is 3.14. The SMILES string of the molecule is CC(C)CC(CNC(=O)Cc1cn2ccsc2n1)C(=O)O. The summed E-state index contributed by atoms with van der Waals surface area (Å²) in [6.07, 6.45) is 4.42. The molecule has 0 fully saturated rings. The van der Waals surface area contributed by atoms with Gasteiger partial charge in [-0.2, -0.15) is 0 Å². The molecule has 6 nitrogen and oxygen atoms in total. The van der Waals surface area contributed by atoms with Crippen LogP contribution in [0, 0.1) is 11.8 Å². The number of thiazole rings is 1. The number of aliphatic carboxylic acids is 1. The van der Waals surface area contributed by atoms with Crippen molar-refractivity contribution in [3.8, 4) is 0 Å².